The second-order valence-electron chi connectivity index (χ2n) is 4.33. The number of carbonyl (C=O) groups excluding carboxylic acids is 1. The summed E-state index contributed by atoms with van der Waals surface area (Å²) in [5, 5.41) is 8.82. The van der Waals surface area contributed by atoms with Crippen molar-refractivity contribution in [2.75, 3.05) is 5.75 Å². The number of carboxylic acids is 1. The van der Waals surface area contributed by atoms with Crippen LogP contribution in [0.2, 0.25) is 0 Å². The van der Waals surface area contributed by atoms with Gasteiger partial charge in [0, 0.05) is 18.0 Å². The largest absolute Gasteiger partial charge is 0.480 e. The minimum atomic E-state index is -1.07. The Morgan fingerprint density at radius 1 is 1.50 bits per heavy atom. The summed E-state index contributed by atoms with van der Waals surface area (Å²) in [5.74, 6) is -1.21. The van der Waals surface area contributed by atoms with E-state index in [4.69, 9.17) is 5.11 Å². The predicted octanol–water partition coefficient (Wildman–Crippen LogP) is -1.09. The molecule has 2 N–H and O–H groups in total. The van der Waals surface area contributed by atoms with E-state index in [1.54, 1.807) is 6.92 Å². The van der Waals surface area contributed by atoms with E-state index in [0.29, 0.717) is 5.75 Å². The summed E-state index contributed by atoms with van der Waals surface area (Å²) in [6.45, 7) is 1.44. The molecule has 108 valence electrons. The van der Waals surface area contributed by atoms with Crippen LogP contribution in [0, 0.1) is 0 Å². The molecule has 9 heteroatoms. The van der Waals surface area contributed by atoms with Gasteiger partial charge in [-0.15, -0.1) is 11.8 Å². The quantitative estimate of drug-likeness (QED) is 0.733. The van der Waals surface area contributed by atoms with Crippen molar-refractivity contribution in [2.45, 2.75) is 24.9 Å². The van der Waals surface area contributed by atoms with Crippen LogP contribution >= 0.6 is 11.8 Å². The maximum Gasteiger partial charge on any atom is 0.328 e. The number of nitrogens with one attached hydrogen (secondary N) is 1. The maximum atomic E-state index is 12.2. The zero-order valence-corrected chi connectivity index (χ0v) is 11.4. The number of rotatable bonds is 3. The molecule has 0 aromatic carbocycles. The van der Waals surface area contributed by atoms with Gasteiger partial charge in [0.15, 0.2) is 0 Å². The molecule has 0 saturated carbocycles. The molecule has 1 aromatic rings. The molecule has 20 heavy (non-hydrogen) atoms. The average Bonchev–Trinajstić information content (AvgIpc) is 2.75. The van der Waals surface area contributed by atoms with E-state index >= 15 is 0 Å². The van der Waals surface area contributed by atoms with E-state index in [1.165, 1.54) is 22.9 Å². The fraction of sp³-hybridized carbons (Fsp3) is 0.455. The van der Waals surface area contributed by atoms with Crippen molar-refractivity contribution in [1.82, 2.24) is 14.5 Å². The van der Waals surface area contributed by atoms with Crippen LogP contribution < -0.4 is 11.2 Å². The van der Waals surface area contributed by atoms with Crippen molar-refractivity contribution in [3.05, 3.63) is 33.1 Å². The van der Waals surface area contributed by atoms with E-state index in [0.717, 1.165) is 10.6 Å². The van der Waals surface area contributed by atoms with Gasteiger partial charge in [-0.25, -0.2) is 9.59 Å². The molecule has 2 heterocycles. The maximum absolute atomic E-state index is 12.2. The van der Waals surface area contributed by atoms with Gasteiger partial charge in [0.25, 0.3) is 5.56 Å². The molecule has 1 amide bonds. The molecular formula is C11H13N3O5S. The molecule has 8 nitrogen and oxygen atoms in total. The van der Waals surface area contributed by atoms with Crippen molar-refractivity contribution in [3.63, 3.8) is 0 Å². The van der Waals surface area contributed by atoms with E-state index < -0.39 is 29.2 Å². The van der Waals surface area contributed by atoms with E-state index in [2.05, 4.69) is 0 Å². The van der Waals surface area contributed by atoms with Crippen LogP contribution in [0.1, 0.15) is 6.92 Å². The number of carboxylic acid groups (broad SMARTS) is 1. The highest BCUT2D eigenvalue weighted by Gasteiger charge is 2.39. The van der Waals surface area contributed by atoms with Crippen LogP contribution in [-0.2, 0) is 16.1 Å². The van der Waals surface area contributed by atoms with E-state index in [9.17, 15) is 19.2 Å². The zero-order valence-electron chi connectivity index (χ0n) is 10.6. The Labute approximate surface area is 117 Å². The third-order valence-corrected chi connectivity index (χ3v) is 4.22. The van der Waals surface area contributed by atoms with Crippen LogP contribution in [0.3, 0.4) is 0 Å². The molecule has 1 aliphatic heterocycles. The molecule has 0 bridgehead atoms. The predicted molar refractivity (Wildman–Crippen MR) is 71.5 cm³/mol. The lowest BCUT2D eigenvalue weighted by molar-refractivity contribution is -0.149. The Balaban J connectivity index is 2.20. The van der Waals surface area contributed by atoms with E-state index in [-0.39, 0.29) is 11.9 Å². The minimum Gasteiger partial charge on any atom is -0.480 e. The van der Waals surface area contributed by atoms with Gasteiger partial charge in [-0.05, 0) is 6.92 Å². The molecule has 1 aromatic heterocycles. The molecule has 0 spiro atoms. The first kappa shape index (κ1) is 14.4. The Kier molecular flexibility index (Phi) is 3.98. The first-order chi connectivity index (χ1) is 9.40. The fourth-order valence-electron chi connectivity index (χ4n) is 2.01. The first-order valence-electron chi connectivity index (χ1n) is 5.85. The highest BCUT2D eigenvalue weighted by Crippen LogP contribution is 2.28. The van der Waals surface area contributed by atoms with Crippen molar-refractivity contribution >= 4 is 23.6 Å². The zero-order chi connectivity index (χ0) is 14.9. The monoisotopic (exact) mass is 299 g/mol. The second kappa shape index (κ2) is 5.53. The molecular weight excluding hydrogens is 286 g/mol. The number of carbonyl (C=O) groups is 2. The molecule has 2 unspecified atom stereocenters. The number of nitrogens with zero attached hydrogens (tertiary/aromatic N) is 2. The summed E-state index contributed by atoms with van der Waals surface area (Å²) >= 11 is 1.37. The van der Waals surface area contributed by atoms with Crippen LogP contribution in [0.4, 0.5) is 0 Å². The van der Waals surface area contributed by atoms with Gasteiger partial charge in [0.2, 0.25) is 5.91 Å². The summed E-state index contributed by atoms with van der Waals surface area (Å²) in [6, 6.07) is 0.242. The summed E-state index contributed by atoms with van der Waals surface area (Å²) in [7, 11) is 0. The molecule has 0 aliphatic carbocycles. The van der Waals surface area contributed by atoms with Gasteiger partial charge >= 0.3 is 11.7 Å². The fourth-order valence-corrected chi connectivity index (χ4v) is 3.20. The Bertz CT molecular complexity index is 652. The summed E-state index contributed by atoms with van der Waals surface area (Å²) < 4.78 is 1.04. The highest BCUT2D eigenvalue weighted by molar-refractivity contribution is 8.00. The highest BCUT2D eigenvalue weighted by atomic mass is 32.2. The Morgan fingerprint density at radius 2 is 2.20 bits per heavy atom. The lowest BCUT2D eigenvalue weighted by Gasteiger charge is -2.25. The number of aliphatic carboxylic acids is 1. The first-order valence-corrected chi connectivity index (χ1v) is 6.90. The van der Waals surface area contributed by atoms with Crippen LogP contribution in [0.25, 0.3) is 0 Å². The van der Waals surface area contributed by atoms with Gasteiger partial charge in [0.1, 0.15) is 12.6 Å². The van der Waals surface area contributed by atoms with Crippen LogP contribution in [0.15, 0.2) is 21.9 Å². The summed E-state index contributed by atoms with van der Waals surface area (Å²) in [5.41, 5.74) is -1.25. The Hall–Kier alpha value is -2.03. The second-order valence-corrected chi connectivity index (χ2v) is 5.67. The van der Waals surface area contributed by atoms with Gasteiger partial charge in [-0.1, -0.05) is 0 Å². The smallest absolute Gasteiger partial charge is 0.328 e. The number of thioether (sulfide) groups is 1. The number of hydrogen-bond acceptors (Lipinski definition) is 5. The minimum absolute atomic E-state index is 0.262. The van der Waals surface area contributed by atoms with Crippen molar-refractivity contribution < 1.29 is 14.7 Å². The lowest BCUT2D eigenvalue weighted by atomic mass is 10.2. The van der Waals surface area contributed by atoms with E-state index in [1.807, 2.05) is 4.98 Å². The molecule has 1 saturated heterocycles. The average molecular weight is 299 g/mol. The van der Waals surface area contributed by atoms with Crippen molar-refractivity contribution in [3.8, 4) is 0 Å². The van der Waals surface area contributed by atoms with Crippen molar-refractivity contribution in [1.29, 1.82) is 0 Å². The van der Waals surface area contributed by atoms with Gasteiger partial charge in [-0.2, -0.15) is 0 Å². The topological polar surface area (TPSA) is 112 Å². The summed E-state index contributed by atoms with van der Waals surface area (Å²) in [4.78, 5) is 49.0. The molecule has 2 rings (SSSR count). The van der Waals surface area contributed by atoms with Gasteiger partial charge in [0.05, 0.1) is 5.37 Å². The molecule has 0 radical (unpaired) electrons. The SMILES string of the molecule is CC1SCC(C(=O)O)N1C(=O)Cn1ccc(=O)[nH]c1=O. The number of hydrogen-bond donors (Lipinski definition) is 2. The number of aromatic nitrogens is 2. The molecule has 1 aliphatic rings. The normalized spacial score (nSPS) is 21.9. The number of H-pyrrole nitrogens is 1. The molecule has 2 atom stereocenters. The molecule has 1 fully saturated rings. The van der Waals surface area contributed by atoms with Gasteiger partial charge in [-0.3, -0.25) is 19.1 Å². The van der Waals surface area contributed by atoms with Crippen LogP contribution in [0.5, 0.6) is 0 Å². The third-order valence-electron chi connectivity index (χ3n) is 3.00. The summed E-state index contributed by atoms with van der Waals surface area (Å²) in [6.07, 6.45) is 1.21. The van der Waals surface area contributed by atoms with Gasteiger partial charge < -0.3 is 10.0 Å². The third kappa shape index (κ3) is 2.77. The standard InChI is InChI=1S/C11H13N3O5S/c1-6-14(7(5-20-6)10(17)18)9(16)4-13-3-2-8(15)12-11(13)19/h2-3,6-7H,4-5H2,1H3,(H,17,18)(H,12,15,19). The van der Waals surface area contributed by atoms with Crippen molar-refractivity contribution in [2.24, 2.45) is 0 Å². The Morgan fingerprint density at radius 3 is 2.80 bits per heavy atom. The number of aromatic amines is 1. The lowest BCUT2D eigenvalue weighted by Crippen LogP contribution is -2.47. The number of amides is 1. The van der Waals surface area contributed by atoms with Crippen LogP contribution in [-0.4, -0.2) is 48.6 Å².